The first-order valence-corrected chi connectivity index (χ1v) is 4.90. The summed E-state index contributed by atoms with van der Waals surface area (Å²) in [5.41, 5.74) is 6.69. The van der Waals surface area contributed by atoms with Gasteiger partial charge < -0.3 is 9.84 Å². The van der Waals surface area contributed by atoms with Crippen molar-refractivity contribution in [3.63, 3.8) is 0 Å². The summed E-state index contributed by atoms with van der Waals surface area (Å²) in [5.74, 6) is 0.518. The highest BCUT2D eigenvalue weighted by molar-refractivity contribution is 5.92. The number of carbonyl (C=O) groups is 1. The summed E-state index contributed by atoms with van der Waals surface area (Å²) in [7, 11) is 0. The summed E-state index contributed by atoms with van der Waals surface area (Å²) in [4.78, 5) is 14.3. The van der Waals surface area contributed by atoms with Gasteiger partial charge in [-0.05, 0) is 5.92 Å². The van der Waals surface area contributed by atoms with Crippen LogP contribution in [0, 0.1) is 11.4 Å². The molecule has 1 rings (SSSR count). The van der Waals surface area contributed by atoms with E-state index in [0.717, 1.165) is 0 Å². The maximum absolute atomic E-state index is 11.5. The van der Waals surface area contributed by atoms with Crippen molar-refractivity contribution in [2.75, 3.05) is 6.54 Å². The largest absolute Gasteiger partial charge is 0.358 e. The third-order valence-electron chi connectivity index (χ3n) is 1.76. The minimum atomic E-state index is -0.272. The number of aromatic nitrogens is 1. The molecule has 0 saturated carbocycles. The van der Waals surface area contributed by atoms with E-state index < -0.39 is 0 Å². The van der Waals surface area contributed by atoms with Gasteiger partial charge in [0.25, 0.3) is 5.91 Å². The van der Waals surface area contributed by atoms with Crippen molar-refractivity contribution in [3.05, 3.63) is 17.5 Å². The second-order valence-electron chi connectivity index (χ2n) is 3.68. The van der Waals surface area contributed by atoms with E-state index in [2.05, 4.69) is 20.5 Å². The van der Waals surface area contributed by atoms with Gasteiger partial charge in [0.2, 0.25) is 4.91 Å². The molecule has 7 nitrogen and oxygen atoms in total. The van der Waals surface area contributed by atoms with Crippen LogP contribution in [0.25, 0.3) is 0 Å². The van der Waals surface area contributed by atoms with Crippen LogP contribution in [0.4, 0.5) is 0 Å². The highest BCUT2D eigenvalue weighted by Gasteiger charge is 2.13. The number of hydrogen-bond acceptors (Lipinski definition) is 5. The topological polar surface area (TPSA) is 105 Å². The molecule has 7 heteroatoms. The molecule has 0 radical (unpaired) electrons. The van der Waals surface area contributed by atoms with E-state index in [9.17, 15) is 4.79 Å². The number of nitrogens with zero attached hydrogens (tertiary/aromatic N) is 3. The van der Waals surface area contributed by atoms with Crippen LogP contribution in [0.2, 0.25) is 0 Å². The summed E-state index contributed by atoms with van der Waals surface area (Å²) in [6, 6.07) is 1.49. The van der Waals surface area contributed by atoms with Gasteiger partial charge in [-0.3, -0.25) is 4.79 Å². The normalized spacial score (nSPS) is 9.94. The summed E-state index contributed by atoms with van der Waals surface area (Å²) in [6.45, 7) is 4.72. The van der Waals surface area contributed by atoms with Gasteiger partial charge in [0.05, 0.1) is 0 Å². The van der Waals surface area contributed by atoms with Crippen LogP contribution >= 0.6 is 0 Å². The molecule has 0 aliphatic heterocycles. The van der Waals surface area contributed by atoms with Crippen LogP contribution in [-0.2, 0) is 6.54 Å². The third kappa shape index (κ3) is 3.62. The lowest BCUT2D eigenvalue weighted by atomic mass is 10.2. The summed E-state index contributed by atoms with van der Waals surface area (Å²) in [6.07, 6.45) is 0. The molecule has 0 bridgehead atoms. The van der Waals surface area contributed by atoms with Crippen molar-refractivity contribution in [1.82, 2.24) is 15.4 Å². The molecule has 0 fully saturated rings. The Balaban J connectivity index is 2.56. The minimum Gasteiger partial charge on any atom is -0.358 e. The lowest BCUT2D eigenvalue weighted by Crippen LogP contribution is -2.27. The molecule has 0 saturated heterocycles. The number of carbonyl (C=O) groups excluding carboxylic acids is 1. The molecule has 0 atom stereocenters. The van der Waals surface area contributed by atoms with Gasteiger partial charge in [-0.25, -0.2) is 0 Å². The van der Waals surface area contributed by atoms with Crippen LogP contribution in [0.5, 0.6) is 0 Å². The molecule has 2 N–H and O–H groups in total. The molecule has 0 unspecified atom stereocenters. The van der Waals surface area contributed by atoms with Gasteiger partial charge in [-0.1, -0.05) is 19.0 Å². The van der Waals surface area contributed by atoms with Gasteiger partial charge in [-0.15, -0.1) is 0 Å². The van der Waals surface area contributed by atoms with Gasteiger partial charge in [0.1, 0.15) is 10.6 Å². The Morgan fingerprint density at radius 2 is 2.50 bits per heavy atom. The van der Waals surface area contributed by atoms with E-state index in [1.807, 2.05) is 13.8 Å². The maximum Gasteiger partial charge on any atom is 0.273 e. The van der Waals surface area contributed by atoms with Crippen molar-refractivity contribution in [2.24, 2.45) is 11.0 Å². The molecule has 86 valence electrons. The maximum atomic E-state index is 11.5. The van der Waals surface area contributed by atoms with Crippen molar-refractivity contribution >= 4 is 5.91 Å². The van der Waals surface area contributed by atoms with E-state index in [1.54, 1.807) is 0 Å². The SMILES string of the molecule is CC(C)CNC(=O)c1cc(CN=[N+]=N)on1. The Morgan fingerprint density at radius 1 is 1.75 bits per heavy atom. The quantitative estimate of drug-likeness (QED) is 0.578. The van der Waals surface area contributed by atoms with Crippen LogP contribution in [0.3, 0.4) is 0 Å². The molecule has 16 heavy (non-hydrogen) atoms. The number of rotatable bonds is 5. The molecule has 1 aromatic rings. The average molecular weight is 224 g/mol. The second-order valence-corrected chi connectivity index (χ2v) is 3.68. The smallest absolute Gasteiger partial charge is 0.273 e. The fourth-order valence-electron chi connectivity index (χ4n) is 0.987. The predicted molar refractivity (Wildman–Crippen MR) is 54.7 cm³/mol. The van der Waals surface area contributed by atoms with Crippen LogP contribution in [0.1, 0.15) is 30.1 Å². The van der Waals surface area contributed by atoms with Crippen LogP contribution < -0.4 is 10.2 Å². The molecule has 0 spiro atoms. The van der Waals surface area contributed by atoms with E-state index in [4.69, 9.17) is 10.1 Å². The van der Waals surface area contributed by atoms with Crippen molar-refractivity contribution in [1.29, 1.82) is 5.53 Å². The predicted octanol–water partition coefficient (Wildman–Crippen LogP) is 1.11. The first-order chi connectivity index (χ1) is 7.63. The van der Waals surface area contributed by atoms with Crippen LogP contribution in [0.15, 0.2) is 15.7 Å². The highest BCUT2D eigenvalue weighted by atomic mass is 16.5. The Labute approximate surface area is 92.4 Å². The van der Waals surface area contributed by atoms with Crippen molar-refractivity contribution in [3.8, 4) is 0 Å². The summed E-state index contributed by atoms with van der Waals surface area (Å²) >= 11 is 0. The molecule has 0 aromatic carbocycles. The van der Waals surface area contributed by atoms with Gasteiger partial charge >= 0.3 is 0 Å². The molecular formula is C9H14N5O2+. The van der Waals surface area contributed by atoms with Crippen molar-refractivity contribution in [2.45, 2.75) is 20.4 Å². The zero-order valence-electron chi connectivity index (χ0n) is 9.23. The first-order valence-electron chi connectivity index (χ1n) is 4.90. The molecule has 1 amide bonds. The zero-order valence-corrected chi connectivity index (χ0v) is 9.23. The Morgan fingerprint density at radius 3 is 3.12 bits per heavy atom. The fourth-order valence-corrected chi connectivity index (χ4v) is 0.987. The van der Waals surface area contributed by atoms with E-state index >= 15 is 0 Å². The molecule has 1 aromatic heterocycles. The molecule has 0 aliphatic rings. The summed E-state index contributed by atoms with van der Waals surface area (Å²) < 4.78 is 4.85. The number of hydrogen-bond donors (Lipinski definition) is 2. The Hall–Kier alpha value is -2.01. The summed E-state index contributed by atoms with van der Waals surface area (Å²) in [5, 5.41) is 9.73. The number of amides is 1. The Bertz CT molecular complexity index is 406. The molecule has 1 heterocycles. The van der Waals surface area contributed by atoms with Crippen molar-refractivity contribution < 1.29 is 9.32 Å². The minimum absolute atomic E-state index is 0.119. The van der Waals surface area contributed by atoms with E-state index in [1.165, 1.54) is 6.07 Å². The second kappa shape index (κ2) is 5.77. The highest BCUT2D eigenvalue weighted by Crippen LogP contribution is 2.04. The molecular weight excluding hydrogens is 210 g/mol. The van der Waals surface area contributed by atoms with E-state index in [0.29, 0.717) is 18.2 Å². The van der Waals surface area contributed by atoms with Gasteiger partial charge in [0, 0.05) is 12.6 Å². The zero-order chi connectivity index (χ0) is 12.0. The standard InChI is InChI=1S/C9H13N5O2/c1-6(2)4-11-9(15)8-3-7(16-13-8)5-12-14-10/h3,6,10H,4-5H2,1-2H3/p+1. The first kappa shape index (κ1) is 12.1. The van der Waals surface area contributed by atoms with Gasteiger partial charge in [0.15, 0.2) is 18.0 Å². The van der Waals surface area contributed by atoms with E-state index in [-0.39, 0.29) is 18.1 Å². The average Bonchev–Trinajstić information content (AvgIpc) is 2.71. The van der Waals surface area contributed by atoms with Crippen LogP contribution in [-0.4, -0.2) is 17.6 Å². The lowest BCUT2D eigenvalue weighted by Gasteiger charge is -2.04. The monoisotopic (exact) mass is 224 g/mol. The molecule has 0 aliphatic carbocycles. The fraction of sp³-hybridized carbons (Fsp3) is 0.556. The lowest BCUT2D eigenvalue weighted by molar-refractivity contribution is 0.0940. The third-order valence-corrected chi connectivity index (χ3v) is 1.76. The number of nitrogens with one attached hydrogen (secondary N) is 2. The Kier molecular flexibility index (Phi) is 4.35. The van der Waals surface area contributed by atoms with Gasteiger partial charge in [-0.2, -0.15) is 0 Å².